The van der Waals surface area contributed by atoms with Gasteiger partial charge in [-0.15, -0.1) is 0 Å². The number of hydrogen-bond donors (Lipinski definition) is 2. The van der Waals surface area contributed by atoms with Crippen molar-refractivity contribution in [3.8, 4) is 0 Å². The Hall–Kier alpha value is -0.120. The molecule has 3 nitrogen and oxygen atoms in total. The van der Waals surface area contributed by atoms with Crippen LogP contribution in [0.4, 0.5) is 0 Å². The van der Waals surface area contributed by atoms with Gasteiger partial charge < -0.3 is 15.6 Å². The van der Waals surface area contributed by atoms with Gasteiger partial charge in [-0.2, -0.15) is 0 Å². The Labute approximate surface area is 107 Å². The van der Waals surface area contributed by atoms with Crippen LogP contribution in [0.15, 0.2) is 0 Å². The van der Waals surface area contributed by atoms with Crippen molar-refractivity contribution in [3.63, 3.8) is 0 Å². The Balaban J connectivity index is 3.68. The highest BCUT2D eigenvalue weighted by molar-refractivity contribution is 4.76. The molecule has 104 valence electrons. The van der Waals surface area contributed by atoms with Crippen LogP contribution in [0.2, 0.25) is 0 Å². The van der Waals surface area contributed by atoms with Crippen LogP contribution in [0.3, 0.4) is 0 Å². The Morgan fingerprint density at radius 1 is 1.18 bits per heavy atom. The summed E-state index contributed by atoms with van der Waals surface area (Å²) in [6, 6.07) is 0. The van der Waals surface area contributed by atoms with Crippen LogP contribution in [0, 0.1) is 0 Å². The topological polar surface area (TPSA) is 55.5 Å². The molecule has 0 aliphatic rings. The van der Waals surface area contributed by atoms with E-state index in [0.29, 0.717) is 6.42 Å². The summed E-state index contributed by atoms with van der Waals surface area (Å²) in [5.41, 5.74) is 4.69. The first-order valence-corrected chi connectivity index (χ1v) is 6.99. The molecule has 3 unspecified atom stereocenters. The zero-order valence-corrected chi connectivity index (χ0v) is 12.0. The largest absolute Gasteiger partial charge is 0.389 e. The van der Waals surface area contributed by atoms with Gasteiger partial charge in [0.15, 0.2) is 0 Å². The lowest BCUT2D eigenvalue weighted by molar-refractivity contribution is -0.0480. The Kier molecular flexibility index (Phi) is 8.83. The van der Waals surface area contributed by atoms with E-state index >= 15 is 0 Å². The number of ether oxygens (including phenoxy) is 1. The highest BCUT2D eigenvalue weighted by Gasteiger charge is 2.22. The maximum atomic E-state index is 9.85. The summed E-state index contributed by atoms with van der Waals surface area (Å²) < 4.78 is 5.85. The van der Waals surface area contributed by atoms with E-state index in [-0.39, 0.29) is 18.8 Å². The Morgan fingerprint density at radius 2 is 1.82 bits per heavy atom. The number of hydrogen-bond acceptors (Lipinski definition) is 3. The predicted molar refractivity (Wildman–Crippen MR) is 73.1 cm³/mol. The summed E-state index contributed by atoms with van der Waals surface area (Å²) in [5, 5.41) is 9.85. The molecule has 0 aliphatic carbocycles. The van der Waals surface area contributed by atoms with Gasteiger partial charge in [-0.25, -0.2) is 0 Å². The van der Waals surface area contributed by atoms with Crippen LogP contribution in [0.25, 0.3) is 0 Å². The van der Waals surface area contributed by atoms with Gasteiger partial charge in [-0.05, 0) is 27.2 Å². The number of unbranched alkanes of at least 4 members (excludes halogenated alkanes) is 3. The SMILES string of the molecule is CCCCCCC(C)OC(C)CC(C)(O)CN. The van der Waals surface area contributed by atoms with Crippen molar-refractivity contribution in [2.24, 2.45) is 5.73 Å². The van der Waals surface area contributed by atoms with Gasteiger partial charge in [0.05, 0.1) is 17.8 Å². The fraction of sp³-hybridized carbons (Fsp3) is 1.00. The van der Waals surface area contributed by atoms with Crippen LogP contribution < -0.4 is 5.73 Å². The van der Waals surface area contributed by atoms with Gasteiger partial charge in [0.2, 0.25) is 0 Å². The Bertz CT molecular complexity index is 183. The number of rotatable bonds is 10. The fourth-order valence-corrected chi connectivity index (χ4v) is 2.07. The molecule has 0 bridgehead atoms. The van der Waals surface area contributed by atoms with E-state index in [1.54, 1.807) is 6.92 Å². The Morgan fingerprint density at radius 3 is 2.35 bits per heavy atom. The van der Waals surface area contributed by atoms with E-state index in [9.17, 15) is 5.11 Å². The third-order valence-corrected chi connectivity index (χ3v) is 3.10. The van der Waals surface area contributed by atoms with E-state index in [1.165, 1.54) is 25.7 Å². The molecule has 0 rings (SSSR count). The minimum Gasteiger partial charge on any atom is -0.389 e. The molecule has 0 aromatic rings. The van der Waals surface area contributed by atoms with Gasteiger partial charge in [0.1, 0.15) is 0 Å². The minimum atomic E-state index is -0.804. The highest BCUT2D eigenvalue weighted by Crippen LogP contribution is 2.16. The summed E-state index contributed by atoms with van der Waals surface area (Å²) in [6.07, 6.45) is 7.14. The van der Waals surface area contributed by atoms with Gasteiger partial charge >= 0.3 is 0 Å². The van der Waals surface area contributed by atoms with Crippen molar-refractivity contribution in [1.82, 2.24) is 0 Å². The van der Waals surface area contributed by atoms with E-state index < -0.39 is 5.60 Å². The lowest BCUT2D eigenvalue weighted by atomic mass is 9.99. The van der Waals surface area contributed by atoms with Crippen molar-refractivity contribution in [2.75, 3.05) is 6.54 Å². The second-order valence-corrected chi connectivity index (χ2v) is 5.51. The van der Waals surface area contributed by atoms with Crippen molar-refractivity contribution >= 4 is 0 Å². The molecule has 0 aromatic heterocycles. The van der Waals surface area contributed by atoms with Crippen LogP contribution >= 0.6 is 0 Å². The average molecular weight is 245 g/mol. The zero-order chi connectivity index (χ0) is 13.3. The first kappa shape index (κ1) is 16.9. The molecule has 0 heterocycles. The zero-order valence-electron chi connectivity index (χ0n) is 12.0. The maximum absolute atomic E-state index is 9.85. The van der Waals surface area contributed by atoms with E-state index in [1.807, 2.05) is 6.92 Å². The molecule has 3 atom stereocenters. The maximum Gasteiger partial charge on any atom is 0.0766 e. The van der Waals surface area contributed by atoms with Crippen LogP contribution in [0.1, 0.15) is 66.2 Å². The van der Waals surface area contributed by atoms with Crippen molar-refractivity contribution in [2.45, 2.75) is 84.0 Å². The molecule has 0 spiro atoms. The minimum absolute atomic E-state index is 0.0646. The third kappa shape index (κ3) is 9.57. The summed E-state index contributed by atoms with van der Waals surface area (Å²) in [6.45, 7) is 8.38. The normalized spacial score (nSPS) is 18.7. The molecular weight excluding hydrogens is 214 g/mol. The summed E-state index contributed by atoms with van der Waals surface area (Å²) in [5.74, 6) is 0. The quantitative estimate of drug-likeness (QED) is 0.582. The van der Waals surface area contributed by atoms with Crippen molar-refractivity contribution < 1.29 is 9.84 Å². The molecule has 3 heteroatoms. The molecule has 0 fully saturated rings. The molecule has 0 saturated carbocycles. The number of aliphatic hydroxyl groups is 1. The fourth-order valence-electron chi connectivity index (χ4n) is 2.07. The third-order valence-electron chi connectivity index (χ3n) is 3.10. The van der Waals surface area contributed by atoms with Crippen molar-refractivity contribution in [1.29, 1.82) is 0 Å². The average Bonchev–Trinajstić information content (AvgIpc) is 2.23. The van der Waals surface area contributed by atoms with Crippen LogP contribution in [0.5, 0.6) is 0 Å². The second-order valence-electron chi connectivity index (χ2n) is 5.51. The van der Waals surface area contributed by atoms with Crippen molar-refractivity contribution in [3.05, 3.63) is 0 Å². The van der Waals surface area contributed by atoms with E-state index in [0.717, 1.165) is 6.42 Å². The summed E-state index contributed by atoms with van der Waals surface area (Å²) in [7, 11) is 0. The lowest BCUT2D eigenvalue weighted by Gasteiger charge is -2.27. The molecular formula is C14H31NO2. The second kappa shape index (κ2) is 8.90. The van der Waals surface area contributed by atoms with Gasteiger partial charge in [-0.3, -0.25) is 0 Å². The molecule has 0 aliphatic heterocycles. The predicted octanol–water partition coefficient (Wildman–Crippen LogP) is 2.85. The number of nitrogens with two attached hydrogens (primary N) is 1. The molecule has 0 aromatic carbocycles. The highest BCUT2D eigenvalue weighted by atomic mass is 16.5. The molecule has 3 N–H and O–H groups in total. The smallest absolute Gasteiger partial charge is 0.0766 e. The molecule has 0 amide bonds. The molecule has 17 heavy (non-hydrogen) atoms. The van der Waals surface area contributed by atoms with Gasteiger partial charge in [0, 0.05) is 13.0 Å². The van der Waals surface area contributed by atoms with Gasteiger partial charge in [-0.1, -0.05) is 32.6 Å². The van der Waals surface area contributed by atoms with Gasteiger partial charge in [0.25, 0.3) is 0 Å². The molecule has 0 saturated heterocycles. The summed E-state index contributed by atoms with van der Waals surface area (Å²) >= 11 is 0. The standard InChI is InChI=1S/C14H31NO2/c1-5-6-7-8-9-12(2)17-13(3)10-14(4,16)11-15/h12-13,16H,5-11,15H2,1-4H3. The van der Waals surface area contributed by atoms with Crippen LogP contribution in [-0.4, -0.2) is 29.5 Å². The first-order valence-electron chi connectivity index (χ1n) is 6.99. The lowest BCUT2D eigenvalue weighted by Crippen LogP contribution is -2.38. The monoisotopic (exact) mass is 245 g/mol. The first-order chi connectivity index (χ1) is 7.91. The van der Waals surface area contributed by atoms with E-state index in [2.05, 4.69) is 13.8 Å². The van der Waals surface area contributed by atoms with E-state index in [4.69, 9.17) is 10.5 Å². The molecule has 0 radical (unpaired) electrons. The van der Waals surface area contributed by atoms with Crippen LogP contribution in [-0.2, 0) is 4.74 Å². The summed E-state index contributed by atoms with van der Waals surface area (Å²) in [4.78, 5) is 0.